The van der Waals surface area contributed by atoms with Crippen molar-refractivity contribution in [1.82, 2.24) is 4.90 Å². The van der Waals surface area contributed by atoms with E-state index >= 15 is 0 Å². The maximum absolute atomic E-state index is 12.9. The molecule has 24 heavy (non-hydrogen) atoms. The first-order chi connectivity index (χ1) is 11.2. The van der Waals surface area contributed by atoms with Crippen LogP contribution < -0.4 is 5.32 Å². The summed E-state index contributed by atoms with van der Waals surface area (Å²) in [7, 11) is 0. The first-order valence-corrected chi connectivity index (χ1v) is 7.61. The number of rotatable bonds is 5. The summed E-state index contributed by atoms with van der Waals surface area (Å²) >= 11 is 0. The van der Waals surface area contributed by atoms with Crippen LogP contribution >= 0.6 is 0 Å². The van der Waals surface area contributed by atoms with Crippen LogP contribution in [-0.4, -0.2) is 47.7 Å². The molecule has 0 radical (unpaired) electrons. The molecule has 1 aromatic carbocycles. The first kappa shape index (κ1) is 18.3. The van der Waals surface area contributed by atoms with Crippen molar-refractivity contribution in [3.05, 3.63) is 29.8 Å². The molecule has 1 aliphatic heterocycles. The summed E-state index contributed by atoms with van der Waals surface area (Å²) in [5.74, 6) is -5.45. The fourth-order valence-electron chi connectivity index (χ4n) is 2.87. The Bertz CT molecular complexity index is 619. The van der Waals surface area contributed by atoms with E-state index in [1.165, 1.54) is 4.90 Å². The highest BCUT2D eigenvalue weighted by Crippen LogP contribution is 2.37. The van der Waals surface area contributed by atoms with Gasteiger partial charge in [-0.2, -0.15) is 13.2 Å². The number of hydrogen-bond acceptors (Lipinski definition) is 3. The van der Waals surface area contributed by atoms with Crippen LogP contribution in [0.1, 0.15) is 12.5 Å². The summed E-state index contributed by atoms with van der Waals surface area (Å²) in [5.41, 5.74) is 1.60. The summed E-state index contributed by atoms with van der Waals surface area (Å²) in [6.45, 7) is 0.923. The van der Waals surface area contributed by atoms with E-state index in [0.29, 0.717) is 5.69 Å². The van der Waals surface area contributed by atoms with Gasteiger partial charge in [0, 0.05) is 18.8 Å². The molecule has 1 saturated heterocycles. The molecule has 1 amide bonds. The maximum Gasteiger partial charge on any atom is 0.393 e. The Morgan fingerprint density at radius 2 is 2.04 bits per heavy atom. The number of alkyl halides is 3. The average molecular weight is 344 g/mol. The van der Waals surface area contributed by atoms with Crippen LogP contribution in [0.3, 0.4) is 0 Å². The van der Waals surface area contributed by atoms with Gasteiger partial charge in [-0.15, -0.1) is 0 Å². The lowest BCUT2D eigenvalue weighted by Crippen LogP contribution is -2.34. The fourth-order valence-corrected chi connectivity index (χ4v) is 2.87. The highest BCUT2D eigenvalue weighted by atomic mass is 19.4. The highest BCUT2D eigenvalue weighted by molar-refractivity contribution is 5.92. The molecule has 132 valence electrons. The Labute approximate surface area is 137 Å². The lowest BCUT2D eigenvalue weighted by atomic mass is 9.96. The van der Waals surface area contributed by atoms with Crippen molar-refractivity contribution < 1.29 is 27.9 Å². The van der Waals surface area contributed by atoms with Crippen molar-refractivity contribution in [1.29, 1.82) is 0 Å². The molecule has 1 fully saturated rings. The fraction of sp³-hybridized carbons (Fsp3) is 0.500. The monoisotopic (exact) mass is 344 g/mol. The number of carbonyl (C=O) groups is 2. The number of carboxylic acids is 1. The lowest BCUT2D eigenvalue weighted by molar-refractivity contribution is -0.188. The first-order valence-electron chi connectivity index (χ1n) is 7.61. The number of carboxylic acid groups (broad SMARTS) is 1. The zero-order chi connectivity index (χ0) is 17.9. The number of nitrogens with one attached hydrogen (secondary N) is 1. The van der Waals surface area contributed by atoms with Crippen LogP contribution in [0, 0.1) is 11.8 Å². The van der Waals surface area contributed by atoms with E-state index < -0.39 is 36.4 Å². The van der Waals surface area contributed by atoms with Crippen LogP contribution in [0.4, 0.5) is 18.9 Å². The number of aryl methyl sites for hydroxylation is 1. The Balaban J connectivity index is 1.98. The van der Waals surface area contributed by atoms with Gasteiger partial charge in [0.05, 0.1) is 18.4 Å². The van der Waals surface area contributed by atoms with Crippen LogP contribution in [0.25, 0.3) is 0 Å². The number of nitrogens with zero attached hydrogens (tertiary/aromatic N) is 1. The smallest absolute Gasteiger partial charge is 0.393 e. The third-order valence-corrected chi connectivity index (χ3v) is 4.12. The molecule has 0 aromatic heterocycles. The van der Waals surface area contributed by atoms with Crippen LogP contribution in [-0.2, 0) is 16.0 Å². The van der Waals surface area contributed by atoms with E-state index in [9.17, 15) is 22.8 Å². The predicted octanol–water partition coefficient (Wildman–Crippen LogP) is 2.38. The van der Waals surface area contributed by atoms with Crippen LogP contribution in [0.15, 0.2) is 24.3 Å². The number of likely N-dealkylation sites (tertiary alicyclic amines) is 1. The molecule has 0 saturated carbocycles. The number of halogens is 3. The van der Waals surface area contributed by atoms with E-state index in [1.807, 2.05) is 13.0 Å². The molecule has 1 aromatic rings. The summed E-state index contributed by atoms with van der Waals surface area (Å²) in [4.78, 5) is 24.3. The number of amides is 1. The van der Waals surface area contributed by atoms with E-state index in [0.717, 1.165) is 12.0 Å². The second-order valence-electron chi connectivity index (χ2n) is 5.89. The Morgan fingerprint density at radius 3 is 2.58 bits per heavy atom. The summed E-state index contributed by atoms with van der Waals surface area (Å²) in [5, 5.41) is 11.6. The Kier molecular flexibility index (Phi) is 5.48. The SMILES string of the molecule is CCc1cccc(NC(=O)CN2C[C@@H](C(F)(F)F)[C@H](C(=O)O)C2)c1. The Hall–Kier alpha value is -2.09. The van der Waals surface area contributed by atoms with Crippen molar-refractivity contribution in [3.63, 3.8) is 0 Å². The van der Waals surface area contributed by atoms with Gasteiger partial charge in [0.25, 0.3) is 0 Å². The lowest BCUT2D eigenvalue weighted by Gasteiger charge is -2.18. The van der Waals surface area contributed by atoms with E-state index in [-0.39, 0.29) is 13.1 Å². The molecule has 0 unspecified atom stereocenters. The van der Waals surface area contributed by atoms with Crippen molar-refractivity contribution in [2.45, 2.75) is 19.5 Å². The normalized spacial score (nSPS) is 21.7. The second kappa shape index (κ2) is 7.21. The average Bonchev–Trinajstić information content (AvgIpc) is 2.91. The molecule has 2 N–H and O–H groups in total. The van der Waals surface area contributed by atoms with Gasteiger partial charge in [0.15, 0.2) is 0 Å². The zero-order valence-corrected chi connectivity index (χ0v) is 13.1. The third kappa shape index (κ3) is 4.47. The number of hydrogen-bond donors (Lipinski definition) is 2. The largest absolute Gasteiger partial charge is 0.481 e. The van der Waals surface area contributed by atoms with Crippen molar-refractivity contribution in [2.75, 3.05) is 25.0 Å². The topological polar surface area (TPSA) is 69.6 Å². The minimum Gasteiger partial charge on any atom is -0.481 e. The van der Waals surface area contributed by atoms with E-state index in [2.05, 4.69) is 5.32 Å². The summed E-state index contributed by atoms with van der Waals surface area (Å²) in [6.07, 6.45) is -3.80. The molecule has 1 aliphatic rings. The standard InChI is InChI=1S/C16H19F3N2O3/c1-2-10-4-3-5-11(6-10)20-14(22)9-21-7-12(15(23)24)13(8-21)16(17,18)19/h3-6,12-13H,2,7-9H2,1H3,(H,20,22)(H,23,24)/t12-,13-/m1/s1. The number of carbonyl (C=O) groups excluding carboxylic acids is 1. The van der Waals surface area contributed by atoms with Crippen molar-refractivity contribution >= 4 is 17.6 Å². The number of aliphatic carboxylic acids is 1. The molecule has 5 nitrogen and oxygen atoms in total. The molecule has 0 spiro atoms. The third-order valence-electron chi connectivity index (χ3n) is 4.12. The number of benzene rings is 1. The maximum atomic E-state index is 12.9. The molecule has 2 atom stereocenters. The summed E-state index contributed by atoms with van der Waals surface area (Å²) in [6, 6.07) is 7.17. The molecule has 8 heteroatoms. The van der Waals surface area contributed by atoms with Gasteiger partial charge in [-0.05, 0) is 24.1 Å². The van der Waals surface area contributed by atoms with Gasteiger partial charge >= 0.3 is 12.1 Å². The van der Waals surface area contributed by atoms with Gasteiger partial charge in [0.1, 0.15) is 0 Å². The van der Waals surface area contributed by atoms with Gasteiger partial charge in [-0.3, -0.25) is 14.5 Å². The quantitative estimate of drug-likeness (QED) is 0.860. The van der Waals surface area contributed by atoms with Gasteiger partial charge in [0.2, 0.25) is 5.91 Å². The minimum absolute atomic E-state index is 0.271. The van der Waals surface area contributed by atoms with E-state index in [4.69, 9.17) is 5.11 Å². The van der Waals surface area contributed by atoms with Gasteiger partial charge in [-0.25, -0.2) is 0 Å². The zero-order valence-electron chi connectivity index (χ0n) is 13.1. The molecule has 0 bridgehead atoms. The molecule has 0 aliphatic carbocycles. The molecule has 2 rings (SSSR count). The molecular formula is C16H19F3N2O3. The second-order valence-corrected chi connectivity index (χ2v) is 5.89. The van der Waals surface area contributed by atoms with E-state index in [1.54, 1.807) is 18.2 Å². The van der Waals surface area contributed by atoms with Gasteiger partial charge in [-0.1, -0.05) is 19.1 Å². The van der Waals surface area contributed by atoms with Crippen LogP contribution in [0.2, 0.25) is 0 Å². The van der Waals surface area contributed by atoms with Crippen LogP contribution in [0.5, 0.6) is 0 Å². The predicted molar refractivity (Wildman–Crippen MR) is 81.6 cm³/mol. The highest BCUT2D eigenvalue weighted by Gasteiger charge is 2.52. The van der Waals surface area contributed by atoms with Crippen molar-refractivity contribution in [2.24, 2.45) is 11.8 Å². The van der Waals surface area contributed by atoms with Gasteiger partial charge < -0.3 is 10.4 Å². The number of anilines is 1. The molecule has 1 heterocycles. The summed E-state index contributed by atoms with van der Waals surface area (Å²) < 4.78 is 38.8. The minimum atomic E-state index is -4.59. The molecular weight excluding hydrogens is 325 g/mol. The van der Waals surface area contributed by atoms with Crippen molar-refractivity contribution in [3.8, 4) is 0 Å². The Morgan fingerprint density at radius 1 is 1.33 bits per heavy atom.